The molecule has 118 valence electrons. The zero-order chi connectivity index (χ0) is 16.6. The third kappa shape index (κ3) is 3.38. The molecule has 0 atom stereocenters. The van der Waals surface area contributed by atoms with Crippen molar-refractivity contribution in [3.63, 3.8) is 0 Å². The maximum Gasteiger partial charge on any atom is 0.183 e. The fourth-order valence-corrected chi connectivity index (χ4v) is 2.86. The summed E-state index contributed by atoms with van der Waals surface area (Å²) >= 11 is 12.0. The second-order valence-electron chi connectivity index (χ2n) is 5.74. The minimum atomic E-state index is 0.243. The highest BCUT2D eigenvalue weighted by Gasteiger charge is 2.15. The van der Waals surface area contributed by atoms with E-state index in [0.29, 0.717) is 15.7 Å². The number of pyridine rings is 1. The molecule has 0 aliphatic carbocycles. The van der Waals surface area contributed by atoms with Gasteiger partial charge in [-0.1, -0.05) is 37.0 Å². The van der Waals surface area contributed by atoms with E-state index in [1.165, 1.54) is 0 Å². The molecule has 0 N–H and O–H groups in total. The number of azo groups is 1. The quantitative estimate of drug-likeness (QED) is 0.499. The largest absolute Gasteiger partial charge is 0.283 e. The highest BCUT2D eigenvalue weighted by Crippen LogP contribution is 2.31. The number of imidazole rings is 1. The Hall–Kier alpha value is -1.91. The first-order valence-electron chi connectivity index (χ1n) is 7.30. The molecule has 0 fully saturated rings. The number of fused-ring (bicyclic) bond motifs is 1. The number of halogens is 2. The Labute approximate surface area is 144 Å². The highest BCUT2D eigenvalue weighted by molar-refractivity contribution is 6.35. The molecule has 6 heteroatoms. The smallest absolute Gasteiger partial charge is 0.183 e. The Balaban J connectivity index is 2.11. The van der Waals surface area contributed by atoms with Crippen LogP contribution >= 0.6 is 23.2 Å². The summed E-state index contributed by atoms with van der Waals surface area (Å²) in [5.74, 6) is 0.971. The van der Waals surface area contributed by atoms with Gasteiger partial charge in [0.25, 0.3) is 0 Å². The number of benzene rings is 1. The van der Waals surface area contributed by atoms with Crippen molar-refractivity contribution < 1.29 is 0 Å². The summed E-state index contributed by atoms with van der Waals surface area (Å²) in [4.78, 5) is 4.68. The van der Waals surface area contributed by atoms with Crippen LogP contribution in [-0.4, -0.2) is 9.38 Å². The van der Waals surface area contributed by atoms with Crippen molar-refractivity contribution in [3.8, 4) is 0 Å². The van der Waals surface area contributed by atoms with Crippen molar-refractivity contribution in [1.29, 1.82) is 0 Å². The van der Waals surface area contributed by atoms with Gasteiger partial charge in [-0.2, -0.15) is 0 Å². The summed E-state index contributed by atoms with van der Waals surface area (Å²) < 4.78 is 1.94. The van der Waals surface area contributed by atoms with Gasteiger partial charge in [0, 0.05) is 16.2 Å². The predicted molar refractivity (Wildman–Crippen MR) is 94.7 cm³/mol. The van der Waals surface area contributed by atoms with Gasteiger partial charge in [-0.25, -0.2) is 4.98 Å². The van der Waals surface area contributed by atoms with Crippen LogP contribution in [0.1, 0.15) is 31.0 Å². The summed E-state index contributed by atoms with van der Waals surface area (Å²) in [5, 5.41) is 9.75. The maximum atomic E-state index is 6.00. The molecule has 0 aliphatic heterocycles. The molecular weight excluding hydrogens is 331 g/mol. The van der Waals surface area contributed by atoms with E-state index in [1.54, 1.807) is 18.2 Å². The van der Waals surface area contributed by atoms with Crippen molar-refractivity contribution in [1.82, 2.24) is 9.38 Å². The lowest BCUT2D eigenvalue weighted by molar-refractivity contribution is 0.831. The van der Waals surface area contributed by atoms with Crippen LogP contribution < -0.4 is 0 Å². The Morgan fingerprint density at radius 3 is 2.39 bits per heavy atom. The molecular formula is C17H16Cl2N4. The van der Waals surface area contributed by atoms with E-state index in [2.05, 4.69) is 29.1 Å². The number of aromatic nitrogens is 2. The number of nitrogens with zero attached hydrogens (tertiary/aromatic N) is 4. The van der Waals surface area contributed by atoms with Gasteiger partial charge in [-0.3, -0.25) is 4.40 Å². The van der Waals surface area contributed by atoms with Crippen LogP contribution in [0.15, 0.2) is 46.8 Å². The van der Waals surface area contributed by atoms with E-state index in [4.69, 9.17) is 23.2 Å². The van der Waals surface area contributed by atoms with Crippen LogP contribution in [0, 0.1) is 6.92 Å². The SMILES string of the molecule is Cc1ccn2c(N=Nc3cc(Cl)cc(Cl)c3)c(C(C)C)nc2c1. The molecule has 1 aromatic carbocycles. The fraction of sp³-hybridized carbons (Fsp3) is 0.235. The maximum absolute atomic E-state index is 6.00. The first-order valence-corrected chi connectivity index (χ1v) is 8.06. The van der Waals surface area contributed by atoms with E-state index in [9.17, 15) is 0 Å². The summed E-state index contributed by atoms with van der Waals surface area (Å²) in [5.41, 5.74) is 3.54. The number of hydrogen-bond donors (Lipinski definition) is 0. The summed E-state index contributed by atoms with van der Waals surface area (Å²) in [6.07, 6.45) is 1.96. The third-order valence-electron chi connectivity index (χ3n) is 3.44. The van der Waals surface area contributed by atoms with Crippen molar-refractivity contribution in [2.24, 2.45) is 10.2 Å². The zero-order valence-corrected chi connectivity index (χ0v) is 14.6. The number of aryl methyl sites for hydroxylation is 1. The molecule has 0 saturated carbocycles. The molecule has 2 heterocycles. The first kappa shape index (κ1) is 16.0. The molecule has 2 aromatic heterocycles. The van der Waals surface area contributed by atoms with Crippen LogP contribution in [0.3, 0.4) is 0 Å². The summed E-state index contributed by atoms with van der Waals surface area (Å²) in [6.45, 7) is 6.21. The van der Waals surface area contributed by atoms with Crippen LogP contribution in [0.25, 0.3) is 5.65 Å². The van der Waals surface area contributed by atoms with E-state index in [0.717, 1.165) is 22.7 Å². The van der Waals surface area contributed by atoms with Crippen molar-refractivity contribution in [2.45, 2.75) is 26.7 Å². The standard InChI is InChI=1S/C17H16Cl2N4/c1-10(2)16-17(23-5-4-11(3)6-15(23)20-16)22-21-14-8-12(18)7-13(19)9-14/h4-10H,1-3H3. The molecule has 0 bridgehead atoms. The monoisotopic (exact) mass is 346 g/mol. The van der Waals surface area contributed by atoms with Crippen molar-refractivity contribution >= 4 is 40.4 Å². The number of rotatable bonds is 3. The molecule has 0 unspecified atom stereocenters. The van der Waals surface area contributed by atoms with Crippen LogP contribution in [0.5, 0.6) is 0 Å². The lowest BCUT2D eigenvalue weighted by atomic mass is 10.1. The van der Waals surface area contributed by atoms with E-state index in [-0.39, 0.29) is 5.92 Å². The second-order valence-corrected chi connectivity index (χ2v) is 6.61. The molecule has 0 saturated heterocycles. The number of hydrogen-bond acceptors (Lipinski definition) is 3. The minimum Gasteiger partial charge on any atom is -0.283 e. The molecule has 0 spiro atoms. The van der Waals surface area contributed by atoms with Gasteiger partial charge in [-0.05, 0) is 48.7 Å². The first-order chi connectivity index (χ1) is 10.9. The van der Waals surface area contributed by atoms with E-state index in [1.807, 2.05) is 29.7 Å². The van der Waals surface area contributed by atoms with Crippen molar-refractivity contribution in [3.05, 3.63) is 57.8 Å². The van der Waals surface area contributed by atoms with Gasteiger partial charge in [0.15, 0.2) is 5.82 Å². The van der Waals surface area contributed by atoms with E-state index >= 15 is 0 Å². The Bertz CT molecular complexity index is 877. The lowest BCUT2D eigenvalue weighted by Gasteiger charge is -2.02. The molecule has 0 amide bonds. The Morgan fingerprint density at radius 2 is 1.74 bits per heavy atom. The third-order valence-corrected chi connectivity index (χ3v) is 3.87. The molecule has 0 aliphatic rings. The van der Waals surface area contributed by atoms with Crippen LogP contribution in [-0.2, 0) is 0 Å². The fourth-order valence-electron chi connectivity index (χ4n) is 2.34. The van der Waals surface area contributed by atoms with Gasteiger partial charge in [-0.15, -0.1) is 10.2 Å². The van der Waals surface area contributed by atoms with Crippen molar-refractivity contribution in [2.75, 3.05) is 0 Å². The normalized spacial score (nSPS) is 11.9. The average molecular weight is 347 g/mol. The zero-order valence-electron chi connectivity index (χ0n) is 13.1. The van der Waals surface area contributed by atoms with Gasteiger partial charge in [0.2, 0.25) is 0 Å². The molecule has 0 radical (unpaired) electrons. The van der Waals surface area contributed by atoms with Crippen LogP contribution in [0.4, 0.5) is 11.5 Å². The predicted octanol–water partition coefficient (Wildman–Crippen LogP) is 6.49. The van der Waals surface area contributed by atoms with E-state index < -0.39 is 0 Å². The summed E-state index contributed by atoms with van der Waals surface area (Å²) in [7, 11) is 0. The highest BCUT2D eigenvalue weighted by atomic mass is 35.5. The van der Waals surface area contributed by atoms with Gasteiger partial charge >= 0.3 is 0 Å². The second kappa shape index (κ2) is 6.30. The van der Waals surface area contributed by atoms with Crippen LogP contribution in [0.2, 0.25) is 10.0 Å². The molecule has 3 rings (SSSR count). The molecule has 3 aromatic rings. The van der Waals surface area contributed by atoms with Gasteiger partial charge in [0.05, 0.1) is 11.4 Å². The minimum absolute atomic E-state index is 0.243. The topological polar surface area (TPSA) is 42.0 Å². The van der Waals surface area contributed by atoms with Gasteiger partial charge < -0.3 is 0 Å². The average Bonchev–Trinajstić information content (AvgIpc) is 2.82. The molecule has 23 heavy (non-hydrogen) atoms. The Morgan fingerprint density at radius 1 is 1.04 bits per heavy atom. The Kier molecular flexibility index (Phi) is 4.37. The lowest BCUT2D eigenvalue weighted by Crippen LogP contribution is -1.87. The summed E-state index contributed by atoms with van der Waals surface area (Å²) in [6, 6.07) is 9.16. The molecule has 4 nitrogen and oxygen atoms in total. The van der Waals surface area contributed by atoms with Gasteiger partial charge in [0.1, 0.15) is 5.65 Å².